The lowest BCUT2D eigenvalue weighted by Crippen LogP contribution is -2.41. The van der Waals surface area contributed by atoms with Crippen molar-refractivity contribution in [2.45, 2.75) is 12.8 Å². The molecule has 3 aliphatic rings. The Labute approximate surface area is 201 Å². The summed E-state index contributed by atoms with van der Waals surface area (Å²) in [6.07, 6.45) is 0. The van der Waals surface area contributed by atoms with Crippen LogP contribution in [-0.2, 0) is 14.3 Å². The van der Waals surface area contributed by atoms with Gasteiger partial charge in [-0.2, -0.15) is 9.97 Å². The number of anilines is 3. The van der Waals surface area contributed by atoms with Crippen molar-refractivity contribution in [1.82, 2.24) is 9.97 Å². The molecular weight excluding hydrogens is 456 g/mol. The first-order valence-corrected chi connectivity index (χ1v) is 11.5. The van der Waals surface area contributed by atoms with Crippen molar-refractivity contribution in [2.75, 3.05) is 67.7 Å². The summed E-state index contributed by atoms with van der Waals surface area (Å²) in [5, 5.41) is 24.9. The van der Waals surface area contributed by atoms with E-state index in [9.17, 15) is 20.0 Å². The second-order valence-electron chi connectivity index (χ2n) is 8.56. The van der Waals surface area contributed by atoms with Crippen LogP contribution in [0.1, 0.15) is 24.0 Å². The molecule has 184 valence electrons. The van der Waals surface area contributed by atoms with Gasteiger partial charge in [0, 0.05) is 49.6 Å². The monoisotopic (exact) mass is 482 g/mol. The van der Waals surface area contributed by atoms with E-state index in [-0.39, 0.29) is 11.3 Å². The summed E-state index contributed by atoms with van der Waals surface area (Å²) in [6.45, 7) is 6.30. The average Bonchev–Trinajstić information content (AvgIpc) is 2.88. The number of carboxylic acid groups (broad SMARTS) is 1. The van der Waals surface area contributed by atoms with Gasteiger partial charge in [0.25, 0.3) is 5.69 Å². The lowest BCUT2D eigenvalue weighted by atomic mass is 9.81. The van der Waals surface area contributed by atoms with Crippen molar-refractivity contribution in [2.24, 2.45) is 0 Å². The van der Waals surface area contributed by atoms with Gasteiger partial charge >= 0.3 is 5.97 Å². The number of nitro groups is 1. The second-order valence-corrected chi connectivity index (χ2v) is 8.56. The van der Waals surface area contributed by atoms with Crippen LogP contribution < -0.4 is 15.1 Å². The average molecular weight is 482 g/mol. The first-order chi connectivity index (χ1) is 16.9. The van der Waals surface area contributed by atoms with Gasteiger partial charge < -0.3 is 29.7 Å². The van der Waals surface area contributed by atoms with E-state index in [0.717, 1.165) is 0 Å². The largest absolute Gasteiger partial charge is 0.478 e. The molecule has 2 N–H and O–H groups in total. The maximum absolute atomic E-state index is 12.5. The zero-order valence-electron chi connectivity index (χ0n) is 19.3. The van der Waals surface area contributed by atoms with E-state index in [1.54, 1.807) is 19.1 Å². The van der Waals surface area contributed by atoms with E-state index in [4.69, 9.17) is 19.4 Å². The number of rotatable bonds is 5. The van der Waals surface area contributed by atoms with Crippen LogP contribution in [0.5, 0.6) is 0 Å². The van der Waals surface area contributed by atoms with Gasteiger partial charge in [0.05, 0.1) is 42.8 Å². The highest BCUT2D eigenvalue weighted by atomic mass is 16.6. The highest BCUT2D eigenvalue weighted by Crippen LogP contribution is 2.46. The van der Waals surface area contributed by atoms with Crippen molar-refractivity contribution in [3.8, 4) is 0 Å². The molecular formula is C23H26N6O6. The smallest absolute Gasteiger partial charge is 0.334 e. The molecule has 1 aromatic heterocycles. The lowest BCUT2D eigenvalue weighted by molar-refractivity contribution is -0.384. The van der Waals surface area contributed by atoms with Crippen LogP contribution in [0.2, 0.25) is 0 Å². The van der Waals surface area contributed by atoms with Gasteiger partial charge in [-0.05, 0) is 12.5 Å². The van der Waals surface area contributed by atoms with Crippen LogP contribution in [0.4, 0.5) is 23.3 Å². The fourth-order valence-corrected chi connectivity index (χ4v) is 4.77. The highest BCUT2D eigenvalue weighted by Gasteiger charge is 2.38. The summed E-state index contributed by atoms with van der Waals surface area (Å²) < 4.78 is 11.0. The number of aliphatic carboxylic acids is 1. The van der Waals surface area contributed by atoms with Gasteiger partial charge in [0.1, 0.15) is 11.6 Å². The Bertz CT molecular complexity index is 1190. The molecule has 0 radical (unpaired) electrons. The predicted octanol–water partition coefficient (Wildman–Crippen LogP) is 1.97. The SMILES string of the molecule is CC1=C(C(=O)O)C(c2cccc([N+](=O)[O-])c2)c2c(nc(N3CCOCC3)nc2N2CCOCC2)N1. The molecule has 1 aromatic carbocycles. The molecule has 2 saturated heterocycles. The Morgan fingerprint density at radius 1 is 1.11 bits per heavy atom. The number of non-ortho nitro benzene ring substituents is 1. The molecule has 2 aromatic rings. The number of carboxylic acids is 1. The van der Waals surface area contributed by atoms with Crippen molar-refractivity contribution in [1.29, 1.82) is 0 Å². The molecule has 0 amide bonds. The Balaban J connectivity index is 1.73. The standard InChI is InChI=1S/C23H26N6O6/c1-14-17(22(30)31)18(15-3-2-4-16(13-15)29(32)33)19-20(24-14)25-23(28-7-11-35-12-8-28)26-21(19)27-5-9-34-10-6-27/h2-4,13,18H,5-12H2,1H3,(H,30,31)(H,24,25,26). The van der Waals surface area contributed by atoms with Gasteiger partial charge in [-0.15, -0.1) is 0 Å². The van der Waals surface area contributed by atoms with Crippen LogP contribution in [0, 0.1) is 10.1 Å². The molecule has 0 aliphatic carbocycles. The Hall–Kier alpha value is -3.77. The molecule has 4 heterocycles. The van der Waals surface area contributed by atoms with Gasteiger partial charge in [0.2, 0.25) is 5.95 Å². The Kier molecular flexibility index (Phi) is 6.22. The topological polar surface area (TPSA) is 143 Å². The third-order valence-corrected chi connectivity index (χ3v) is 6.45. The number of nitrogens with zero attached hydrogens (tertiary/aromatic N) is 5. The minimum atomic E-state index is -1.11. The molecule has 2 fully saturated rings. The quantitative estimate of drug-likeness (QED) is 0.477. The zero-order valence-corrected chi connectivity index (χ0v) is 19.3. The minimum absolute atomic E-state index is 0.107. The number of benzene rings is 1. The van der Waals surface area contributed by atoms with Gasteiger partial charge in [-0.1, -0.05) is 12.1 Å². The predicted molar refractivity (Wildman–Crippen MR) is 127 cm³/mol. The van der Waals surface area contributed by atoms with Gasteiger partial charge in [-0.25, -0.2) is 4.79 Å². The van der Waals surface area contributed by atoms with E-state index in [0.29, 0.717) is 87.0 Å². The van der Waals surface area contributed by atoms with Crippen LogP contribution in [0.25, 0.3) is 0 Å². The number of morpholine rings is 2. The third kappa shape index (κ3) is 4.37. The van der Waals surface area contributed by atoms with Gasteiger partial charge in [0.15, 0.2) is 0 Å². The molecule has 5 rings (SSSR count). The van der Waals surface area contributed by atoms with Crippen LogP contribution >= 0.6 is 0 Å². The number of nitro benzene ring substituents is 1. The summed E-state index contributed by atoms with van der Waals surface area (Å²) in [6, 6.07) is 6.10. The molecule has 35 heavy (non-hydrogen) atoms. The van der Waals surface area contributed by atoms with E-state index >= 15 is 0 Å². The number of fused-ring (bicyclic) bond motifs is 1. The Morgan fingerprint density at radius 2 is 1.77 bits per heavy atom. The molecule has 12 heteroatoms. The van der Waals surface area contributed by atoms with E-state index < -0.39 is 16.8 Å². The molecule has 3 aliphatic heterocycles. The first kappa shape index (κ1) is 23.0. The molecule has 1 atom stereocenters. The van der Waals surface area contributed by atoms with Crippen LogP contribution in [-0.4, -0.2) is 78.6 Å². The van der Waals surface area contributed by atoms with E-state index in [2.05, 4.69) is 10.2 Å². The lowest BCUT2D eigenvalue weighted by Gasteiger charge is -2.36. The maximum atomic E-state index is 12.5. The zero-order chi connectivity index (χ0) is 24.5. The van der Waals surface area contributed by atoms with Crippen molar-refractivity contribution in [3.05, 3.63) is 56.8 Å². The number of aromatic nitrogens is 2. The summed E-state index contributed by atoms with van der Waals surface area (Å²) >= 11 is 0. The number of hydrogen-bond donors (Lipinski definition) is 2. The summed E-state index contributed by atoms with van der Waals surface area (Å²) in [5.74, 6) is -0.259. The molecule has 0 saturated carbocycles. The number of ether oxygens (including phenoxy) is 2. The Morgan fingerprint density at radius 3 is 2.40 bits per heavy atom. The molecule has 1 unspecified atom stereocenters. The molecule has 0 spiro atoms. The molecule has 12 nitrogen and oxygen atoms in total. The van der Waals surface area contributed by atoms with Crippen LogP contribution in [0.15, 0.2) is 35.5 Å². The molecule has 0 bridgehead atoms. The summed E-state index contributed by atoms with van der Waals surface area (Å²) in [5.41, 5.74) is 1.52. The van der Waals surface area contributed by atoms with Crippen molar-refractivity contribution in [3.63, 3.8) is 0 Å². The normalized spacial score (nSPS) is 20.3. The van der Waals surface area contributed by atoms with Gasteiger partial charge in [-0.3, -0.25) is 10.1 Å². The third-order valence-electron chi connectivity index (χ3n) is 6.45. The van der Waals surface area contributed by atoms with Crippen molar-refractivity contribution < 1.29 is 24.3 Å². The van der Waals surface area contributed by atoms with Crippen LogP contribution in [0.3, 0.4) is 0 Å². The van der Waals surface area contributed by atoms with Crippen molar-refractivity contribution >= 4 is 29.2 Å². The second kappa shape index (κ2) is 9.47. The number of carbonyl (C=O) groups is 1. The number of allylic oxidation sites excluding steroid dienone is 1. The summed E-state index contributed by atoms with van der Waals surface area (Å²) in [7, 11) is 0. The fraction of sp³-hybridized carbons (Fsp3) is 0.435. The first-order valence-electron chi connectivity index (χ1n) is 11.5. The maximum Gasteiger partial charge on any atom is 0.334 e. The van der Waals surface area contributed by atoms with E-state index in [1.165, 1.54) is 12.1 Å². The highest BCUT2D eigenvalue weighted by molar-refractivity contribution is 5.94. The minimum Gasteiger partial charge on any atom is -0.478 e. The fourth-order valence-electron chi connectivity index (χ4n) is 4.77. The number of nitrogens with one attached hydrogen (secondary N) is 1. The van der Waals surface area contributed by atoms with E-state index in [1.807, 2.05) is 4.90 Å². The number of hydrogen-bond acceptors (Lipinski definition) is 10. The summed E-state index contributed by atoms with van der Waals surface area (Å²) in [4.78, 5) is 37.3.